The quantitative estimate of drug-likeness (QED) is 0.201. The molecule has 1 aliphatic heterocycles. The second-order valence-corrected chi connectivity index (χ2v) is 11.2. The van der Waals surface area contributed by atoms with Crippen molar-refractivity contribution < 1.29 is 0 Å². The third kappa shape index (κ3) is 2.74. The first-order valence-corrected chi connectivity index (χ1v) is 13.2. The van der Waals surface area contributed by atoms with Crippen LogP contribution in [0.25, 0.3) is 22.3 Å². The molecule has 34 heavy (non-hydrogen) atoms. The van der Waals surface area contributed by atoms with Crippen molar-refractivity contribution in [3.05, 3.63) is 141 Å². The Bertz CT molecular complexity index is 1560. The first-order valence-electron chi connectivity index (χ1n) is 11.2. The van der Waals surface area contributed by atoms with Crippen molar-refractivity contribution in [1.29, 1.82) is 0 Å². The topological polar surface area (TPSA) is 0 Å². The summed E-state index contributed by atoms with van der Waals surface area (Å²) < 4.78 is 1.06. The highest BCUT2D eigenvalue weighted by Gasteiger charge is 2.50. The summed E-state index contributed by atoms with van der Waals surface area (Å²) in [5.74, 6) is 0. The highest BCUT2D eigenvalue weighted by atomic mass is 79.9. The molecule has 7 rings (SSSR count). The van der Waals surface area contributed by atoms with E-state index in [1.165, 1.54) is 43.2 Å². The lowest BCUT2D eigenvalue weighted by Crippen LogP contribution is -2.32. The number of hydrogen-bond acceptors (Lipinski definition) is 1. The Hall–Kier alpha value is -2.78. The third-order valence-corrected chi connectivity index (χ3v) is 9.07. The smallest absolute Gasteiger partial charge is 0.0735 e. The molecule has 0 atom stereocenters. The second kappa shape index (κ2) is 7.61. The number of benzene rings is 5. The molecular weight excluding hydrogens is 520 g/mol. The van der Waals surface area contributed by atoms with Crippen molar-refractivity contribution in [3.63, 3.8) is 0 Å². The van der Waals surface area contributed by atoms with E-state index < -0.39 is 0 Å². The molecule has 1 spiro atoms. The molecule has 0 nitrogen and oxygen atoms in total. The Morgan fingerprint density at radius 3 is 1.82 bits per heavy atom. The SMILES string of the molecule is Clc1cc2c(cc1-c1ccc(Br)cc1)Sc1ccccc1C21c2ccccc2-c2ccccc21. The fraction of sp³-hybridized carbons (Fsp3) is 0.0323. The number of halogens is 2. The molecular formula is C31H18BrClS. The average molecular weight is 538 g/mol. The van der Waals surface area contributed by atoms with Gasteiger partial charge in [-0.15, -0.1) is 0 Å². The minimum Gasteiger partial charge on any atom is -0.0894 e. The van der Waals surface area contributed by atoms with E-state index in [1.54, 1.807) is 0 Å². The van der Waals surface area contributed by atoms with Gasteiger partial charge in [-0.25, -0.2) is 0 Å². The van der Waals surface area contributed by atoms with E-state index in [0.717, 1.165) is 20.6 Å². The Balaban J connectivity index is 1.60. The second-order valence-electron chi connectivity index (χ2n) is 8.77. The van der Waals surface area contributed by atoms with Gasteiger partial charge >= 0.3 is 0 Å². The molecule has 0 saturated heterocycles. The monoisotopic (exact) mass is 536 g/mol. The van der Waals surface area contributed by atoms with Crippen LogP contribution in [-0.2, 0) is 5.41 Å². The molecule has 0 amide bonds. The molecule has 1 heterocycles. The lowest BCUT2D eigenvalue weighted by Gasteiger charge is -2.40. The van der Waals surface area contributed by atoms with E-state index in [9.17, 15) is 0 Å². The van der Waals surface area contributed by atoms with Gasteiger partial charge in [0.2, 0.25) is 0 Å². The molecule has 3 heteroatoms. The molecule has 5 aromatic carbocycles. The van der Waals surface area contributed by atoms with Crippen LogP contribution in [0, 0.1) is 0 Å². The van der Waals surface area contributed by atoms with Crippen molar-refractivity contribution in [2.75, 3.05) is 0 Å². The predicted octanol–water partition coefficient (Wildman–Crippen LogP) is 9.60. The van der Waals surface area contributed by atoms with Gasteiger partial charge in [-0.2, -0.15) is 0 Å². The molecule has 0 bridgehead atoms. The van der Waals surface area contributed by atoms with Crippen LogP contribution >= 0.6 is 39.3 Å². The zero-order valence-electron chi connectivity index (χ0n) is 18.1. The normalized spacial score (nSPS) is 14.3. The Labute approximate surface area is 216 Å². The van der Waals surface area contributed by atoms with Gasteiger partial charge in [-0.3, -0.25) is 0 Å². The first-order chi connectivity index (χ1) is 16.7. The van der Waals surface area contributed by atoms with Crippen molar-refractivity contribution in [1.82, 2.24) is 0 Å². The molecule has 0 radical (unpaired) electrons. The van der Waals surface area contributed by atoms with E-state index in [4.69, 9.17) is 11.6 Å². The van der Waals surface area contributed by atoms with Crippen LogP contribution in [0.4, 0.5) is 0 Å². The maximum absolute atomic E-state index is 7.06. The molecule has 0 saturated carbocycles. The standard InChI is InChI=1S/C31H18BrClS/c32-20-15-13-19(14-16-20)23-17-30-27(18-28(23)33)31(26-11-5-6-12-29(26)34-30)24-9-3-1-7-21(24)22-8-2-4-10-25(22)31/h1-18H. The average Bonchev–Trinajstić information content (AvgIpc) is 3.16. The fourth-order valence-corrected chi connectivity index (χ4v) is 7.48. The van der Waals surface area contributed by atoms with Crippen LogP contribution in [0.15, 0.2) is 123 Å². The highest BCUT2D eigenvalue weighted by Crippen LogP contribution is 2.62. The predicted molar refractivity (Wildman–Crippen MR) is 146 cm³/mol. The summed E-state index contributed by atoms with van der Waals surface area (Å²) in [6, 6.07) is 39.4. The molecule has 5 aromatic rings. The van der Waals surface area contributed by atoms with Gasteiger partial charge in [0.25, 0.3) is 0 Å². The van der Waals surface area contributed by atoms with Gasteiger partial charge in [0.15, 0.2) is 0 Å². The summed E-state index contributed by atoms with van der Waals surface area (Å²) in [7, 11) is 0. The molecule has 2 aliphatic rings. The van der Waals surface area contributed by atoms with Gasteiger partial charge in [0.05, 0.1) is 5.41 Å². The van der Waals surface area contributed by atoms with E-state index in [0.29, 0.717) is 0 Å². The van der Waals surface area contributed by atoms with Crippen molar-refractivity contribution in [3.8, 4) is 22.3 Å². The third-order valence-electron chi connectivity index (χ3n) is 7.09. The van der Waals surface area contributed by atoms with E-state index in [1.807, 2.05) is 11.8 Å². The highest BCUT2D eigenvalue weighted by molar-refractivity contribution is 9.10. The summed E-state index contributed by atoms with van der Waals surface area (Å²) in [4.78, 5) is 2.55. The van der Waals surface area contributed by atoms with E-state index >= 15 is 0 Å². The largest absolute Gasteiger partial charge is 0.0894 e. The van der Waals surface area contributed by atoms with Crippen LogP contribution in [0.1, 0.15) is 22.3 Å². The van der Waals surface area contributed by atoms with E-state index in [-0.39, 0.29) is 5.41 Å². The zero-order chi connectivity index (χ0) is 22.9. The van der Waals surface area contributed by atoms with Crippen molar-refractivity contribution in [2.24, 2.45) is 0 Å². The minimum absolute atomic E-state index is 0.383. The summed E-state index contributed by atoms with van der Waals surface area (Å²) in [5, 5.41) is 0.780. The minimum atomic E-state index is -0.383. The van der Waals surface area contributed by atoms with Gasteiger partial charge in [-0.1, -0.05) is 118 Å². The van der Waals surface area contributed by atoms with E-state index in [2.05, 4.69) is 125 Å². The molecule has 0 aromatic heterocycles. The molecule has 0 unspecified atom stereocenters. The number of fused-ring (bicyclic) bond motifs is 9. The number of rotatable bonds is 1. The Morgan fingerprint density at radius 2 is 1.15 bits per heavy atom. The van der Waals surface area contributed by atoms with Crippen LogP contribution in [0.2, 0.25) is 5.02 Å². The Kier molecular flexibility index (Phi) is 4.61. The van der Waals surface area contributed by atoms with Crippen LogP contribution in [-0.4, -0.2) is 0 Å². The zero-order valence-corrected chi connectivity index (χ0v) is 21.2. The maximum Gasteiger partial charge on any atom is 0.0735 e. The summed E-state index contributed by atoms with van der Waals surface area (Å²) >= 11 is 12.5. The fourth-order valence-electron chi connectivity index (χ4n) is 5.73. The van der Waals surface area contributed by atoms with Gasteiger partial charge < -0.3 is 0 Å². The van der Waals surface area contributed by atoms with Crippen LogP contribution in [0.3, 0.4) is 0 Å². The van der Waals surface area contributed by atoms with Gasteiger partial charge in [0.1, 0.15) is 0 Å². The van der Waals surface area contributed by atoms with Crippen molar-refractivity contribution >= 4 is 39.3 Å². The molecule has 1 aliphatic carbocycles. The summed E-state index contributed by atoms with van der Waals surface area (Å²) in [6.07, 6.45) is 0. The van der Waals surface area contributed by atoms with Gasteiger partial charge in [-0.05, 0) is 69.3 Å². The number of hydrogen-bond donors (Lipinski definition) is 0. The molecule has 0 N–H and O–H groups in total. The van der Waals surface area contributed by atoms with Gasteiger partial charge in [0, 0.05) is 24.8 Å². The maximum atomic E-state index is 7.06. The van der Waals surface area contributed by atoms with Crippen molar-refractivity contribution in [2.45, 2.75) is 15.2 Å². The van der Waals surface area contributed by atoms with Crippen LogP contribution < -0.4 is 0 Å². The molecule has 0 fully saturated rings. The summed E-state index contributed by atoms with van der Waals surface area (Å²) in [6.45, 7) is 0. The Morgan fingerprint density at radius 1 is 0.559 bits per heavy atom. The lowest BCUT2D eigenvalue weighted by atomic mass is 9.67. The first kappa shape index (κ1) is 20.6. The molecule has 162 valence electrons. The summed E-state index contributed by atoms with van der Waals surface area (Å²) in [5.41, 5.74) is 9.67. The lowest BCUT2D eigenvalue weighted by molar-refractivity contribution is 0.722. The van der Waals surface area contributed by atoms with Crippen LogP contribution in [0.5, 0.6) is 0 Å².